The average Bonchev–Trinajstić information content (AvgIpc) is 3.29. The fourth-order valence-electron chi connectivity index (χ4n) is 2.05. The van der Waals surface area contributed by atoms with Crippen LogP contribution in [-0.4, -0.2) is 39.9 Å². The average molecular weight is 276 g/mol. The van der Waals surface area contributed by atoms with Crippen molar-refractivity contribution < 1.29 is 10.0 Å². The van der Waals surface area contributed by atoms with E-state index in [0.29, 0.717) is 17.2 Å². The number of nitrogens with zero attached hydrogens (tertiary/aromatic N) is 3. The van der Waals surface area contributed by atoms with Gasteiger partial charge in [-0.25, -0.2) is 0 Å². The van der Waals surface area contributed by atoms with Gasteiger partial charge in [0.15, 0.2) is 5.84 Å². The Morgan fingerprint density at radius 2 is 2.30 bits per heavy atom. The van der Waals surface area contributed by atoms with Crippen molar-refractivity contribution >= 4 is 11.7 Å². The quantitative estimate of drug-likeness (QED) is 0.356. The maximum absolute atomic E-state index is 12.4. The van der Waals surface area contributed by atoms with E-state index in [9.17, 15) is 4.79 Å². The normalized spacial score (nSPS) is 15.2. The molecule has 3 N–H and O–H groups in total. The van der Waals surface area contributed by atoms with E-state index in [-0.39, 0.29) is 11.7 Å². The Morgan fingerprint density at radius 1 is 1.55 bits per heavy atom. The molecule has 0 spiro atoms. The Kier molecular flexibility index (Phi) is 4.55. The SMILES string of the molecule is CCCN(CC1CC1)C(=O)c1ccc(C(N)=NO)cn1. The highest BCUT2D eigenvalue weighted by atomic mass is 16.4. The van der Waals surface area contributed by atoms with Crippen LogP contribution in [0.1, 0.15) is 42.2 Å². The van der Waals surface area contributed by atoms with Crippen LogP contribution in [0.4, 0.5) is 0 Å². The summed E-state index contributed by atoms with van der Waals surface area (Å²) in [7, 11) is 0. The van der Waals surface area contributed by atoms with E-state index < -0.39 is 0 Å². The van der Waals surface area contributed by atoms with Crippen LogP contribution >= 0.6 is 0 Å². The van der Waals surface area contributed by atoms with Crippen molar-refractivity contribution in [1.82, 2.24) is 9.88 Å². The Balaban J connectivity index is 2.09. The van der Waals surface area contributed by atoms with Gasteiger partial charge in [0.25, 0.3) is 5.91 Å². The van der Waals surface area contributed by atoms with Crippen LogP contribution in [0.25, 0.3) is 0 Å². The van der Waals surface area contributed by atoms with Crippen LogP contribution in [0.2, 0.25) is 0 Å². The van der Waals surface area contributed by atoms with Gasteiger partial charge < -0.3 is 15.8 Å². The minimum absolute atomic E-state index is 0.0140. The lowest BCUT2D eigenvalue weighted by molar-refractivity contribution is 0.0742. The van der Waals surface area contributed by atoms with E-state index in [1.807, 2.05) is 4.90 Å². The van der Waals surface area contributed by atoms with E-state index in [1.165, 1.54) is 19.0 Å². The van der Waals surface area contributed by atoms with Crippen molar-refractivity contribution in [3.05, 3.63) is 29.6 Å². The van der Waals surface area contributed by atoms with Crippen LogP contribution in [0.5, 0.6) is 0 Å². The number of pyridine rings is 1. The number of oxime groups is 1. The van der Waals surface area contributed by atoms with E-state index in [0.717, 1.165) is 19.5 Å². The van der Waals surface area contributed by atoms with Crippen LogP contribution in [0.3, 0.4) is 0 Å². The summed E-state index contributed by atoms with van der Waals surface area (Å²) >= 11 is 0. The molecule has 0 atom stereocenters. The minimum atomic E-state index is -0.0511. The Morgan fingerprint density at radius 3 is 2.80 bits per heavy atom. The number of amidine groups is 1. The summed E-state index contributed by atoms with van der Waals surface area (Å²) in [5.41, 5.74) is 6.36. The highest BCUT2D eigenvalue weighted by molar-refractivity contribution is 5.98. The maximum Gasteiger partial charge on any atom is 0.272 e. The molecule has 0 unspecified atom stereocenters. The van der Waals surface area contributed by atoms with Gasteiger partial charge in [-0.3, -0.25) is 9.78 Å². The Bertz CT molecular complexity index is 494. The molecule has 108 valence electrons. The second kappa shape index (κ2) is 6.36. The summed E-state index contributed by atoms with van der Waals surface area (Å²) in [5.74, 6) is 0.589. The number of hydrogen-bond donors (Lipinski definition) is 2. The molecule has 0 bridgehead atoms. The molecular weight excluding hydrogens is 256 g/mol. The highest BCUT2D eigenvalue weighted by Gasteiger charge is 2.27. The third kappa shape index (κ3) is 3.46. The molecule has 1 fully saturated rings. The first-order valence-electron chi connectivity index (χ1n) is 6.89. The molecule has 1 saturated carbocycles. The molecule has 6 nitrogen and oxygen atoms in total. The Labute approximate surface area is 118 Å². The largest absolute Gasteiger partial charge is 0.409 e. The molecule has 6 heteroatoms. The fraction of sp³-hybridized carbons (Fsp3) is 0.500. The lowest BCUT2D eigenvalue weighted by atomic mass is 10.2. The van der Waals surface area contributed by atoms with Crippen molar-refractivity contribution in [2.24, 2.45) is 16.8 Å². The van der Waals surface area contributed by atoms with E-state index in [2.05, 4.69) is 17.1 Å². The number of aromatic nitrogens is 1. The number of carbonyl (C=O) groups is 1. The van der Waals surface area contributed by atoms with Gasteiger partial charge in [-0.15, -0.1) is 0 Å². The molecule has 0 saturated heterocycles. The number of carbonyl (C=O) groups excluding carboxylic acids is 1. The number of amides is 1. The molecule has 2 rings (SSSR count). The van der Waals surface area contributed by atoms with Gasteiger partial charge in [0.1, 0.15) is 5.69 Å². The molecule has 1 aliphatic rings. The minimum Gasteiger partial charge on any atom is -0.409 e. The summed E-state index contributed by atoms with van der Waals surface area (Å²) in [5, 5.41) is 11.5. The smallest absolute Gasteiger partial charge is 0.272 e. The summed E-state index contributed by atoms with van der Waals surface area (Å²) in [6.07, 6.45) is 4.80. The van der Waals surface area contributed by atoms with Gasteiger partial charge in [-0.05, 0) is 37.3 Å². The summed E-state index contributed by atoms with van der Waals surface area (Å²) in [4.78, 5) is 18.4. The predicted octanol–water partition coefficient (Wildman–Crippen LogP) is 1.44. The van der Waals surface area contributed by atoms with Gasteiger partial charge in [0, 0.05) is 24.8 Å². The lowest BCUT2D eigenvalue weighted by Gasteiger charge is -2.21. The van der Waals surface area contributed by atoms with Gasteiger partial charge in [0.2, 0.25) is 0 Å². The third-order valence-corrected chi connectivity index (χ3v) is 3.34. The first-order chi connectivity index (χ1) is 9.65. The molecule has 20 heavy (non-hydrogen) atoms. The first kappa shape index (κ1) is 14.3. The van der Waals surface area contributed by atoms with Crippen molar-refractivity contribution in [2.45, 2.75) is 26.2 Å². The topological polar surface area (TPSA) is 91.8 Å². The third-order valence-electron chi connectivity index (χ3n) is 3.34. The summed E-state index contributed by atoms with van der Waals surface area (Å²) < 4.78 is 0. The van der Waals surface area contributed by atoms with Crippen molar-refractivity contribution in [3.8, 4) is 0 Å². The summed E-state index contributed by atoms with van der Waals surface area (Å²) in [6.45, 7) is 3.62. The predicted molar refractivity (Wildman–Crippen MR) is 75.7 cm³/mol. The molecule has 1 amide bonds. The van der Waals surface area contributed by atoms with Crippen molar-refractivity contribution in [1.29, 1.82) is 0 Å². The second-order valence-electron chi connectivity index (χ2n) is 5.11. The van der Waals surface area contributed by atoms with Crippen LogP contribution in [-0.2, 0) is 0 Å². The zero-order chi connectivity index (χ0) is 14.5. The summed E-state index contributed by atoms with van der Waals surface area (Å²) in [6, 6.07) is 3.25. The number of rotatable bonds is 6. The van der Waals surface area contributed by atoms with E-state index in [1.54, 1.807) is 12.1 Å². The van der Waals surface area contributed by atoms with E-state index in [4.69, 9.17) is 10.9 Å². The van der Waals surface area contributed by atoms with Crippen LogP contribution in [0.15, 0.2) is 23.5 Å². The molecule has 1 aliphatic carbocycles. The molecule has 1 heterocycles. The van der Waals surface area contributed by atoms with Crippen LogP contribution < -0.4 is 5.73 Å². The number of hydrogen-bond acceptors (Lipinski definition) is 4. The molecule has 0 radical (unpaired) electrons. The van der Waals surface area contributed by atoms with Crippen molar-refractivity contribution in [2.75, 3.05) is 13.1 Å². The lowest BCUT2D eigenvalue weighted by Crippen LogP contribution is -2.34. The second-order valence-corrected chi connectivity index (χ2v) is 5.11. The zero-order valence-electron chi connectivity index (χ0n) is 11.6. The van der Waals surface area contributed by atoms with Gasteiger partial charge in [-0.1, -0.05) is 12.1 Å². The van der Waals surface area contributed by atoms with Gasteiger partial charge >= 0.3 is 0 Å². The monoisotopic (exact) mass is 276 g/mol. The molecule has 1 aromatic heterocycles. The molecule has 0 aromatic carbocycles. The standard InChI is InChI=1S/C14H20N4O2/c1-2-7-18(9-10-3-4-10)14(19)12-6-5-11(8-16-12)13(15)17-20/h5-6,8,10,20H,2-4,7,9H2,1H3,(H2,15,17). The van der Waals surface area contributed by atoms with Crippen LogP contribution in [0, 0.1) is 5.92 Å². The fourth-order valence-corrected chi connectivity index (χ4v) is 2.05. The van der Waals surface area contributed by atoms with Gasteiger partial charge in [0.05, 0.1) is 0 Å². The van der Waals surface area contributed by atoms with E-state index >= 15 is 0 Å². The molecule has 0 aliphatic heterocycles. The Hall–Kier alpha value is -2.11. The zero-order valence-corrected chi connectivity index (χ0v) is 11.6. The van der Waals surface area contributed by atoms with Crippen molar-refractivity contribution in [3.63, 3.8) is 0 Å². The van der Waals surface area contributed by atoms with Gasteiger partial charge in [-0.2, -0.15) is 0 Å². The number of nitrogens with two attached hydrogens (primary N) is 1. The first-order valence-corrected chi connectivity index (χ1v) is 6.89. The maximum atomic E-state index is 12.4. The molecular formula is C14H20N4O2. The highest BCUT2D eigenvalue weighted by Crippen LogP contribution is 2.30. The molecule has 1 aromatic rings.